The number of carbonyl (C=O) groups is 1. The highest BCUT2D eigenvalue weighted by Crippen LogP contribution is 2.30. The molecule has 0 fully saturated rings. The van der Waals surface area contributed by atoms with Crippen LogP contribution in [-0.4, -0.2) is 15.7 Å². The number of benzene rings is 2. The van der Waals surface area contributed by atoms with E-state index in [0.29, 0.717) is 12.1 Å². The first-order chi connectivity index (χ1) is 12.2. The number of nitrogens with zero attached hydrogens (tertiary/aromatic N) is 2. The van der Waals surface area contributed by atoms with E-state index < -0.39 is 0 Å². The third kappa shape index (κ3) is 4.51. The first kappa shape index (κ1) is 17.3. The number of hydrogen-bond acceptors (Lipinski definition) is 3. The van der Waals surface area contributed by atoms with E-state index in [4.69, 9.17) is 0 Å². The number of aromatic nitrogens is 2. The smallest absolute Gasteiger partial charge is 0.251 e. The standard InChI is InChI=1S/C20H21N3OS/c1-3-23-14-16(13-22-23)12-21-20(24)17-8-10-18(11-9-17)25-19-7-5-4-6-15(19)2/h4-11,13-14H,3,12H2,1-2H3,(H,21,24). The van der Waals surface area contributed by atoms with E-state index in [1.807, 2.05) is 54.2 Å². The molecule has 2 aromatic carbocycles. The number of rotatable bonds is 6. The number of carbonyl (C=O) groups excluding carboxylic acids is 1. The molecule has 128 valence electrons. The molecular weight excluding hydrogens is 330 g/mol. The van der Waals surface area contributed by atoms with Crippen molar-refractivity contribution < 1.29 is 4.79 Å². The van der Waals surface area contributed by atoms with Crippen molar-refractivity contribution in [3.63, 3.8) is 0 Å². The Morgan fingerprint density at radius 3 is 2.60 bits per heavy atom. The Morgan fingerprint density at radius 2 is 1.92 bits per heavy atom. The Balaban J connectivity index is 1.59. The van der Waals surface area contributed by atoms with Gasteiger partial charge in [-0.2, -0.15) is 5.10 Å². The summed E-state index contributed by atoms with van der Waals surface area (Å²) < 4.78 is 1.85. The first-order valence-corrected chi connectivity index (χ1v) is 9.10. The van der Waals surface area contributed by atoms with Gasteiger partial charge in [0.15, 0.2) is 0 Å². The highest BCUT2D eigenvalue weighted by Gasteiger charge is 2.07. The molecular formula is C20H21N3OS. The van der Waals surface area contributed by atoms with Crippen LogP contribution >= 0.6 is 11.8 Å². The van der Waals surface area contributed by atoms with E-state index in [0.717, 1.165) is 17.0 Å². The zero-order valence-electron chi connectivity index (χ0n) is 14.4. The van der Waals surface area contributed by atoms with Gasteiger partial charge < -0.3 is 5.32 Å². The summed E-state index contributed by atoms with van der Waals surface area (Å²) >= 11 is 1.71. The molecule has 1 aromatic heterocycles. The topological polar surface area (TPSA) is 46.9 Å². The molecule has 0 unspecified atom stereocenters. The van der Waals surface area contributed by atoms with Crippen LogP contribution in [0.3, 0.4) is 0 Å². The summed E-state index contributed by atoms with van der Waals surface area (Å²) in [6, 6.07) is 16.0. The highest BCUT2D eigenvalue weighted by molar-refractivity contribution is 7.99. The van der Waals surface area contributed by atoms with Gasteiger partial charge in [0.2, 0.25) is 0 Å². The molecule has 1 N–H and O–H groups in total. The predicted molar refractivity (Wildman–Crippen MR) is 101 cm³/mol. The number of aryl methyl sites for hydroxylation is 2. The third-order valence-corrected chi connectivity index (χ3v) is 5.09. The van der Waals surface area contributed by atoms with Crippen molar-refractivity contribution in [2.45, 2.75) is 36.7 Å². The average Bonchev–Trinajstić information content (AvgIpc) is 3.10. The summed E-state index contributed by atoms with van der Waals surface area (Å²) in [7, 11) is 0. The SMILES string of the molecule is CCn1cc(CNC(=O)c2ccc(Sc3ccccc3C)cc2)cn1. The maximum absolute atomic E-state index is 12.3. The Kier molecular flexibility index (Phi) is 5.56. The lowest BCUT2D eigenvalue weighted by atomic mass is 10.2. The van der Waals surface area contributed by atoms with E-state index in [1.54, 1.807) is 18.0 Å². The lowest BCUT2D eigenvalue weighted by molar-refractivity contribution is 0.0951. The molecule has 4 nitrogen and oxygen atoms in total. The molecule has 0 saturated heterocycles. The van der Waals surface area contributed by atoms with Crippen LogP contribution < -0.4 is 5.32 Å². The molecule has 0 aliphatic carbocycles. The highest BCUT2D eigenvalue weighted by atomic mass is 32.2. The molecule has 0 aliphatic heterocycles. The molecule has 0 bridgehead atoms. The van der Waals surface area contributed by atoms with Crippen molar-refractivity contribution >= 4 is 17.7 Å². The second kappa shape index (κ2) is 8.03. The summed E-state index contributed by atoms with van der Waals surface area (Å²) in [5, 5.41) is 7.14. The lowest BCUT2D eigenvalue weighted by Crippen LogP contribution is -2.22. The van der Waals surface area contributed by atoms with Crippen LogP contribution in [0.25, 0.3) is 0 Å². The van der Waals surface area contributed by atoms with Gasteiger partial charge in [0.25, 0.3) is 5.91 Å². The number of hydrogen-bond donors (Lipinski definition) is 1. The van der Waals surface area contributed by atoms with Crippen molar-refractivity contribution in [1.82, 2.24) is 15.1 Å². The van der Waals surface area contributed by atoms with E-state index in [9.17, 15) is 4.79 Å². The molecule has 0 atom stereocenters. The average molecular weight is 351 g/mol. The maximum atomic E-state index is 12.3. The summed E-state index contributed by atoms with van der Waals surface area (Å²) in [4.78, 5) is 14.6. The quantitative estimate of drug-likeness (QED) is 0.720. The van der Waals surface area contributed by atoms with Crippen molar-refractivity contribution in [3.8, 4) is 0 Å². The molecule has 0 radical (unpaired) electrons. The molecule has 1 heterocycles. The van der Waals surface area contributed by atoms with Crippen LogP contribution in [0.1, 0.15) is 28.4 Å². The second-order valence-electron chi connectivity index (χ2n) is 5.78. The Hall–Kier alpha value is -2.53. The second-order valence-corrected chi connectivity index (χ2v) is 6.89. The van der Waals surface area contributed by atoms with Crippen LogP contribution in [0.5, 0.6) is 0 Å². The normalized spacial score (nSPS) is 10.6. The molecule has 1 amide bonds. The van der Waals surface area contributed by atoms with Gasteiger partial charge in [-0.3, -0.25) is 9.48 Å². The molecule has 0 aliphatic rings. The minimum absolute atomic E-state index is 0.0725. The Bertz CT molecular complexity index is 855. The third-order valence-electron chi connectivity index (χ3n) is 3.90. The van der Waals surface area contributed by atoms with Gasteiger partial charge in [-0.25, -0.2) is 0 Å². The molecule has 0 spiro atoms. The summed E-state index contributed by atoms with van der Waals surface area (Å²) in [5.74, 6) is -0.0725. The van der Waals surface area contributed by atoms with Crippen LogP contribution in [-0.2, 0) is 13.1 Å². The van der Waals surface area contributed by atoms with Crippen LogP contribution in [0.2, 0.25) is 0 Å². The van der Waals surface area contributed by atoms with Gasteiger partial charge in [-0.05, 0) is 49.7 Å². The van der Waals surface area contributed by atoms with Crippen molar-refractivity contribution in [1.29, 1.82) is 0 Å². The van der Waals surface area contributed by atoms with E-state index in [2.05, 4.69) is 29.5 Å². The Morgan fingerprint density at radius 1 is 1.16 bits per heavy atom. The first-order valence-electron chi connectivity index (χ1n) is 8.29. The lowest BCUT2D eigenvalue weighted by Gasteiger charge is -2.07. The molecule has 0 saturated carbocycles. The van der Waals surface area contributed by atoms with Gasteiger partial charge in [-0.15, -0.1) is 0 Å². The summed E-state index contributed by atoms with van der Waals surface area (Å²) in [6.07, 6.45) is 3.73. The van der Waals surface area contributed by atoms with E-state index in [-0.39, 0.29) is 5.91 Å². The van der Waals surface area contributed by atoms with Crippen molar-refractivity contribution in [2.75, 3.05) is 0 Å². The van der Waals surface area contributed by atoms with Crippen LogP contribution in [0.4, 0.5) is 0 Å². The van der Waals surface area contributed by atoms with Gasteiger partial charge in [0.1, 0.15) is 0 Å². The fraction of sp³-hybridized carbons (Fsp3) is 0.200. The predicted octanol–water partition coefficient (Wildman–Crippen LogP) is 4.29. The zero-order valence-corrected chi connectivity index (χ0v) is 15.2. The van der Waals surface area contributed by atoms with Gasteiger partial charge >= 0.3 is 0 Å². The summed E-state index contributed by atoms with van der Waals surface area (Å²) in [6.45, 7) is 5.45. The van der Waals surface area contributed by atoms with Gasteiger partial charge in [-0.1, -0.05) is 30.0 Å². The maximum Gasteiger partial charge on any atom is 0.251 e. The fourth-order valence-electron chi connectivity index (χ4n) is 2.43. The molecule has 25 heavy (non-hydrogen) atoms. The largest absolute Gasteiger partial charge is 0.348 e. The minimum atomic E-state index is -0.0725. The van der Waals surface area contributed by atoms with Gasteiger partial charge in [0, 0.05) is 40.2 Å². The van der Waals surface area contributed by atoms with E-state index in [1.165, 1.54) is 10.5 Å². The monoisotopic (exact) mass is 351 g/mol. The van der Waals surface area contributed by atoms with E-state index >= 15 is 0 Å². The minimum Gasteiger partial charge on any atom is -0.348 e. The molecule has 5 heteroatoms. The number of nitrogens with one attached hydrogen (secondary N) is 1. The molecule has 3 rings (SSSR count). The van der Waals surface area contributed by atoms with Crippen molar-refractivity contribution in [2.24, 2.45) is 0 Å². The zero-order chi connectivity index (χ0) is 17.6. The molecule has 3 aromatic rings. The van der Waals surface area contributed by atoms with Crippen LogP contribution in [0, 0.1) is 6.92 Å². The van der Waals surface area contributed by atoms with Crippen molar-refractivity contribution in [3.05, 3.63) is 77.6 Å². The van der Waals surface area contributed by atoms with Crippen LogP contribution in [0.15, 0.2) is 70.7 Å². The number of amides is 1. The fourth-order valence-corrected chi connectivity index (χ4v) is 3.33. The summed E-state index contributed by atoms with van der Waals surface area (Å²) in [5.41, 5.74) is 2.92. The Labute approximate surface area is 152 Å². The van der Waals surface area contributed by atoms with Gasteiger partial charge in [0.05, 0.1) is 6.20 Å².